The molecule has 118 valence electrons. The zero-order valence-corrected chi connectivity index (χ0v) is 13.6. The van der Waals surface area contributed by atoms with Crippen molar-refractivity contribution in [2.75, 3.05) is 5.32 Å². The molecule has 0 saturated carbocycles. The van der Waals surface area contributed by atoms with Crippen molar-refractivity contribution in [3.63, 3.8) is 0 Å². The second-order valence-electron chi connectivity index (χ2n) is 5.65. The first-order chi connectivity index (χ1) is 11.6. The minimum atomic E-state index is -0.302. The van der Waals surface area contributed by atoms with Crippen LogP contribution in [0.3, 0.4) is 0 Å². The summed E-state index contributed by atoms with van der Waals surface area (Å²) < 4.78 is 1.73. The summed E-state index contributed by atoms with van der Waals surface area (Å²) in [4.78, 5) is 12.8. The van der Waals surface area contributed by atoms with Gasteiger partial charge >= 0.3 is 0 Å². The molecule has 1 N–H and O–H groups in total. The highest BCUT2D eigenvalue weighted by Gasteiger charge is 2.18. The number of aryl methyl sites for hydroxylation is 2. The Labute approximate surface area is 141 Å². The average Bonchev–Trinajstić information content (AvgIpc) is 3.03. The van der Waals surface area contributed by atoms with E-state index in [1.165, 1.54) is 5.56 Å². The monoisotopic (exact) mass is 315 g/mol. The van der Waals surface area contributed by atoms with E-state index in [2.05, 4.69) is 11.4 Å². The highest BCUT2D eigenvalue weighted by molar-refractivity contribution is 6.05. The Bertz CT molecular complexity index is 933. The van der Waals surface area contributed by atoms with Crippen molar-refractivity contribution in [2.24, 2.45) is 0 Å². The Kier molecular flexibility index (Phi) is 4.17. The largest absolute Gasteiger partial charge is 0.321 e. The minimum absolute atomic E-state index is 0.302. The maximum absolute atomic E-state index is 12.8. The lowest BCUT2D eigenvalue weighted by molar-refractivity contribution is 0.102. The standard InChI is InChI=1S/C20H17N3O/c1-14-8-9-17(12-15(14)2)22-20(24)19-16(13-21)10-11-23(19)18-6-4-3-5-7-18/h3-12H,1-2H3,(H,22,24). The lowest BCUT2D eigenvalue weighted by Gasteiger charge is -2.11. The third-order valence-electron chi connectivity index (χ3n) is 4.02. The number of hydrogen-bond donors (Lipinski definition) is 1. The third-order valence-corrected chi connectivity index (χ3v) is 4.02. The summed E-state index contributed by atoms with van der Waals surface area (Å²) in [5.74, 6) is -0.302. The molecular weight excluding hydrogens is 298 g/mol. The summed E-state index contributed by atoms with van der Waals surface area (Å²) in [5.41, 5.74) is 4.50. The first kappa shape index (κ1) is 15.6. The molecule has 3 aromatic rings. The number of benzene rings is 2. The fourth-order valence-electron chi connectivity index (χ4n) is 2.57. The van der Waals surface area contributed by atoms with E-state index in [0.29, 0.717) is 16.9 Å². The van der Waals surface area contributed by atoms with Crippen molar-refractivity contribution in [3.05, 3.63) is 83.2 Å². The van der Waals surface area contributed by atoms with Gasteiger partial charge in [-0.25, -0.2) is 0 Å². The van der Waals surface area contributed by atoms with Crippen LogP contribution in [0.4, 0.5) is 5.69 Å². The predicted molar refractivity (Wildman–Crippen MR) is 94.4 cm³/mol. The van der Waals surface area contributed by atoms with Gasteiger partial charge in [-0.2, -0.15) is 5.26 Å². The Morgan fingerprint density at radius 1 is 1.04 bits per heavy atom. The van der Waals surface area contributed by atoms with Gasteiger partial charge in [-0.1, -0.05) is 24.3 Å². The number of carbonyl (C=O) groups is 1. The highest BCUT2D eigenvalue weighted by atomic mass is 16.2. The van der Waals surface area contributed by atoms with Gasteiger partial charge < -0.3 is 9.88 Å². The van der Waals surface area contributed by atoms with Gasteiger partial charge in [-0.3, -0.25) is 4.79 Å². The zero-order chi connectivity index (χ0) is 17.1. The molecule has 0 saturated heterocycles. The van der Waals surface area contributed by atoms with Gasteiger partial charge in [-0.05, 0) is 55.3 Å². The fourth-order valence-corrected chi connectivity index (χ4v) is 2.57. The Morgan fingerprint density at radius 2 is 1.79 bits per heavy atom. The van der Waals surface area contributed by atoms with Crippen LogP contribution >= 0.6 is 0 Å². The van der Waals surface area contributed by atoms with Crippen LogP contribution in [-0.4, -0.2) is 10.5 Å². The molecule has 0 fully saturated rings. The van der Waals surface area contributed by atoms with E-state index in [-0.39, 0.29) is 5.91 Å². The molecule has 4 nitrogen and oxygen atoms in total. The quantitative estimate of drug-likeness (QED) is 0.786. The van der Waals surface area contributed by atoms with E-state index in [0.717, 1.165) is 11.3 Å². The summed E-state index contributed by atoms with van der Waals surface area (Å²) in [6.45, 7) is 4.02. The van der Waals surface area contributed by atoms with Crippen molar-refractivity contribution < 1.29 is 4.79 Å². The molecule has 1 amide bonds. The van der Waals surface area contributed by atoms with Crippen LogP contribution in [0.1, 0.15) is 27.2 Å². The Hall–Kier alpha value is -3.32. The summed E-state index contributed by atoms with van der Waals surface area (Å²) in [5, 5.41) is 12.2. The molecule has 1 aromatic heterocycles. The summed E-state index contributed by atoms with van der Waals surface area (Å²) in [6, 6.07) is 19.0. The molecule has 0 aliphatic heterocycles. The molecule has 4 heteroatoms. The molecule has 24 heavy (non-hydrogen) atoms. The van der Waals surface area contributed by atoms with Gasteiger partial charge in [0.15, 0.2) is 0 Å². The van der Waals surface area contributed by atoms with Crippen LogP contribution in [0.5, 0.6) is 0 Å². The lowest BCUT2D eigenvalue weighted by Crippen LogP contribution is -2.17. The number of amides is 1. The summed E-state index contributed by atoms with van der Waals surface area (Å²) in [7, 11) is 0. The lowest BCUT2D eigenvalue weighted by atomic mass is 10.1. The molecule has 0 atom stereocenters. The van der Waals surface area contributed by atoms with Crippen LogP contribution < -0.4 is 5.32 Å². The zero-order valence-electron chi connectivity index (χ0n) is 13.6. The number of anilines is 1. The molecule has 0 spiro atoms. The molecular formula is C20H17N3O. The van der Waals surface area contributed by atoms with E-state index < -0.39 is 0 Å². The van der Waals surface area contributed by atoms with E-state index in [4.69, 9.17) is 0 Å². The van der Waals surface area contributed by atoms with E-state index in [1.54, 1.807) is 16.8 Å². The molecule has 0 aliphatic rings. The first-order valence-electron chi connectivity index (χ1n) is 7.65. The topological polar surface area (TPSA) is 57.8 Å². The molecule has 0 aliphatic carbocycles. The molecule has 0 radical (unpaired) electrons. The molecule has 0 bridgehead atoms. The van der Waals surface area contributed by atoms with Crippen LogP contribution in [0.25, 0.3) is 5.69 Å². The SMILES string of the molecule is Cc1ccc(NC(=O)c2c(C#N)ccn2-c2ccccc2)cc1C. The number of nitrogens with one attached hydrogen (secondary N) is 1. The number of carbonyl (C=O) groups excluding carboxylic acids is 1. The van der Waals surface area contributed by atoms with E-state index in [9.17, 15) is 10.1 Å². The molecule has 3 rings (SSSR count). The number of hydrogen-bond acceptors (Lipinski definition) is 2. The van der Waals surface area contributed by atoms with Crippen LogP contribution in [-0.2, 0) is 0 Å². The predicted octanol–water partition coefficient (Wildman–Crippen LogP) is 4.22. The second-order valence-corrected chi connectivity index (χ2v) is 5.65. The van der Waals surface area contributed by atoms with Crippen molar-refractivity contribution in [1.82, 2.24) is 4.57 Å². The van der Waals surface area contributed by atoms with Crippen LogP contribution in [0.15, 0.2) is 60.8 Å². The van der Waals surface area contributed by atoms with Crippen LogP contribution in [0, 0.1) is 25.2 Å². The minimum Gasteiger partial charge on any atom is -0.321 e. The van der Waals surface area contributed by atoms with E-state index >= 15 is 0 Å². The van der Waals surface area contributed by atoms with Gasteiger partial charge in [0.2, 0.25) is 0 Å². The Balaban J connectivity index is 1.99. The fraction of sp³-hybridized carbons (Fsp3) is 0.100. The molecule has 2 aromatic carbocycles. The smallest absolute Gasteiger partial charge is 0.274 e. The number of nitriles is 1. The van der Waals surface area contributed by atoms with Crippen molar-refractivity contribution in [3.8, 4) is 11.8 Å². The third kappa shape index (κ3) is 2.92. The van der Waals surface area contributed by atoms with Crippen LogP contribution in [0.2, 0.25) is 0 Å². The maximum Gasteiger partial charge on any atom is 0.274 e. The van der Waals surface area contributed by atoms with Gasteiger partial charge in [0.05, 0.1) is 5.56 Å². The summed E-state index contributed by atoms with van der Waals surface area (Å²) in [6.07, 6.45) is 1.74. The van der Waals surface area contributed by atoms with Crippen molar-refractivity contribution >= 4 is 11.6 Å². The number of aromatic nitrogens is 1. The van der Waals surface area contributed by atoms with Gasteiger partial charge in [0.1, 0.15) is 11.8 Å². The number of nitrogens with zero attached hydrogens (tertiary/aromatic N) is 2. The first-order valence-corrected chi connectivity index (χ1v) is 7.65. The Morgan fingerprint density at radius 3 is 2.46 bits per heavy atom. The highest BCUT2D eigenvalue weighted by Crippen LogP contribution is 2.20. The normalized spacial score (nSPS) is 10.2. The van der Waals surface area contributed by atoms with Crippen molar-refractivity contribution in [1.29, 1.82) is 5.26 Å². The maximum atomic E-state index is 12.8. The van der Waals surface area contributed by atoms with Gasteiger partial charge in [0, 0.05) is 17.6 Å². The van der Waals surface area contributed by atoms with Gasteiger partial charge in [0.25, 0.3) is 5.91 Å². The average molecular weight is 315 g/mol. The van der Waals surface area contributed by atoms with E-state index in [1.807, 2.05) is 62.4 Å². The number of rotatable bonds is 3. The van der Waals surface area contributed by atoms with Gasteiger partial charge in [-0.15, -0.1) is 0 Å². The summed E-state index contributed by atoms with van der Waals surface area (Å²) >= 11 is 0. The number of para-hydroxylation sites is 1. The second kappa shape index (κ2) is 6.43. The molecule has 0 unspecified atom stereocenters. The molecule has 1 heterocycles. The van der Waals surface area contributed by atoms with Crippen molar-refractivity contribution in [2.45, 2.75) is 13.8 Å².